The van der Waals surface area contributed by atoms with Crippen LogP contribution in [0.3, 0.4) is 0 Å². The number of aliphatic hydroxyl groups is 2. The van der Waals surface area contributed by atoms with Crippen molar-refractivity contribution in [2.24, 2.45) is 0 Å². The molecule has 80 valence electrons. The minimum Gasteiger partial charge on any atom is -0.396 e. The van der Waals surface area contributed by atoms with Crippen LogP contribution >= 0.6 is 0 Å². The molecule has 0 aromatic rings. The highest BCUT2D eigenvalue weighted by Gasteiger charge is 2.09. The number of rotatable bonds is 7. The minimum absolute atomic E-state index is 0.227. The van der Waals surface area contributed by atoms with Crippen LogP contribution in [0, 0.1) is 0 Å². The second-order valence-electron chi connectivity index (χ2n) is 3.84. The highest BCUT2D eigenvalue weighted by molar-refractivity contribution is 4.64. The van der Waals surface area contributed by atoms with Crippen molar-refractivity contribution in [2.75, 3.05) is 19.7 Å². The summed E-state index contributed by atoms with van der Waals surface area (Å²) in [6, 6.07) is 0.491. The highest BCUT2D eigenvalue weighted by atomic mass is 16.3. The van der Waals surface area contributed by atoms with Crippen molar-refractivity contribution in [3.8, 4) is 0 Å². The van der Waals surface area contributed by atoms with E-state index in [1.807, 2.05) is 6.92 Å². The van der Waals surface area contributed by atoms with Crippen LogP contribution in [0.4, 0.5) is 0 Å². The van der Waals surface area contributed by atoms with Gasteiger partial charge in [-0.25, -0.2) is 0 Å². The predicted octanol–water partition coefficient (Wildman–Crippen LogP) is 0.850. The van der Waals surface area contributed by atoms with Crippen LogP contribution in [0.5, 0.6) is 0 Å². The van der Waals surface area contributed by atoms with Gasteiger partial charge >= 0.3 is 0 Å². The fourth-order valence-corrected chi connectivity index (χ4v) is 1.25. The van der Waals surface area contributed by atoms with E-state index >= 15 is 0 Å². The molecule has 0 spiro atoms. The fourth-order valence-electron chi connectivity index (χ4n) is 1.25. The Hall–Kier alpha value is -0.120. The van der Waals surface area contributed by atoms with Crippen molar-refractivity contribution in [3.63, 3.8) is 0 Å². The van der Waals surface area contributed by atoms with Crippen LogP contribution in [-0.2, 0) is 0 Å². The summed E-state index contributed by atoms with van der Waals surface area (Å²) < 4.78 is 0. The van der Waals surface area contributed by atoms with E-state index < -0.39 is 0 Å². The molecule has 1 unspecified atom stereocenters. The lowest BCUT2D eigenvalue weighted by molar-refractivity contribution is 0.136. The van der Waals surface area contributed by atoms with Crippen LogP contribution < -0.4 is 0 Å². The third-order valence-electron chi connectivity index (χ3n) is 2.17. The van der Waals surface area contributed by atoms with Gasteiger partial charge in [-0.2, -0.15) is 0 Å². The molecule has 3 nitrogen and oxygen atoms in total. The van der Waals surface area contributed by atoms with Gasteiger partial charge in [0.2, 0.25) is 0 Å². The molecule has 0 saturated carbocycles. The van der Waals surface area contributed by atoms with Gasteiger partial charge in [0.05, 0.1) is 6.10 Å². The second kappa shape index (κ2) is 7.30. The van der Waals surface area contributed by atoms with Crippen molar-refractivity contribution in [2.45, 2.75) is 45.8 Å². The van der Waals surface area contributed by atoms with E-state index in [9.17, 15) is 0 Å². The quantitative estimate of drug-likeness (QED) is 0.624. The molecule has 0 amide bonds. The highest BCUT2D eigenvalue weighted by Crippen LogP contribution is 2.02. The Morgan fingerprint density at radius 3 is 2.15 bits per heavy atom. The fraction of sp³-hybridized carbons (Fsp3) is 1.00. The minimum atomic E-state index is -0.227. The molecule has 2 N–H and O–H groups in total. The summed E-state index contributed by atoms with van der Waals surface area (Å²) in [6.07, 6.45) is 1.40. The van der Waals surface area contributed by atoms with Gasteiger partial charge in [0.1, 0.15) is 0 Å². The zero-order chi connectivity index (χ0) is 10.3. The van der Waals surface area contributed by atoms with Crippen LogP contribution in [-0.4, -0.2) is 47.0 Å². The summed E-state index contributed by atoms with van der Waals surface area (Å²) >= 11 is 0. The molecular formula is C10H23NO2. The first kappa shape index (κ1) is 12.9. The molecular weight excluding hydrogens is 166 g/mol. The molecule has 3 heteroatoms. The third kappa shape index (κ3) is 6.99. The molecule has 0 bridgehead atoms. The van der Waals surface area contributed by atoms with Crippen LogP contribution in [0.15, 0.2) is 0 Å². The van der Waals surface area contributed by atoms with Gasteiger partial charge in [0.15, 0.2) is 0 Å². The Labute approximate surface area is 81.4 Å². The first-order valence-corrected chi connectivity index (χ1v) is 5.11. The zero-order valence-corrected chi connectivity index (χ0v) is 9.03. The smallest absolute Gasteiger partial charge is 0.0524 e. The van der Waals surface area contributed by atoms with E-state index in [0.717, 1.165) is 25.9 Å². The van der Waals surface area contributed by atoms with Gasteiger partial charge in [-0.05, 0) is 33.6 Å². The summed E-state index contributed by atoms with van der Waals surface area (Å²) in [5.41, 5.74) is 0. The van der Waals surface area contributed by atoms with Crippen molar-refractivity contribution in [1.82, 2.24) is 4.90 Å². The molecule has 1 atom stereocenters. The Kier molecular flexibility index (Phi) is 7.23. The molecule has 0 aliphatic carbocycles. The molecule has 13 heavy (non-hydrogen) atoms. The lowest BCUT2D eigenvalue weighted by Crippen LogP contribution is -2.34. The monoisotopic (exact) mass is 189 g/mol. The van der Waals surface area contributed by atoms with Gasteiger partial charge in [0, 0.05) is 25.7 Å². The maximum Gasteiger partial charge on any atom is 0.0524 e. The number of aliphatic hydroxyl groups excluding tert-OH is 2. The average molecular weight is 189 g/mol. The van der Waals surface area contributed by atoms with E-state index in [1.165, 1.54) is 0 Å². The molecule has 0 aromatic carbocycles. The van der Waals surface area contributed by atoms with Crippen molar-refractivity contribution >= 4 is 0 Å². The van der Waals surface area contributed by atoms with Gasteiger partial charge in [-0.3, -0.25) is 0 Å². The summed E-state index contributed by atoms with van der Waals surface area (Å²) in [4.78, 5) is 2.28. The normalized spacial score (nSPS) is 14.1. The second-order valence-corrected chi connectivity index (χ2v) is 3.84. The van der Waals surface area contributed by atoms with Crippen molar-refractivity contribution < 1.29 is 10.2 Å². The molecule has 0 saturated heterocycles. The number of nitrogens with zero attached hydrogens (tertiary/aromatic N) is 1. The molecule has 0 aromatic heterocycles. The lowest BCUT2D eigenvalue weighted by Gasteiger charge is -2.26. The number of hydrogen-bond donors (Lipinski definition) is 2. The number of hydrogen-bond acceptors (Lipinski definition) is 3. The molecule has 0 fully saturated rings. The van der Waals surface area contributed by atoms with E-state index in [-0.39, 0.29) is 12.7 Å². The Morgan fingerprint density at radius 1 is 1.15 bits per heavy atom. The molecule has 0 heterocycles. The third-order valence-corrected chi connectivity index (χ3v) is 2.17. The van der Waals surface area contributed by atoms with Gasteiger partial charge < -0.3 is 15.1 Å². The molecule has 0 aliphatic rings. The SMILES string of the molecule is CC(O)CCN(CCCO)C(C)C. The summed E-state index contributed by atoms with van der Waals surface area (Å²) in [6.45, 7) is 8.16. The largest absolute Gasteiger partial charge is 0.396 e. The Bertz CT molecular complexity index is 115. The summed E-state index contributed by atoms with van der Waals surface area (Å²) in [5.74, 6) is 0. The van der Waals surface area contributed by atoms with Crippen LogP contribution in [0.25, 0.3) is 0 Å². The van der Waals surface area contributed by atoms with E-state index in [2.05, 4.69) is 18.7 Å². The van der Waals surface area contributed by atoms with Gasteiger partial charge in [-0.15, -0.1) is 0 Å². The predicted molar refractivity (Wildman–Crippen MR) is 54.7 cm³/mol. The van der Waals surface area contributed by atoms with E-state index in [1.54, 1.807) is 0 Å². The first-order valence-electron chi connectivity index (χ1n) is 5.11. The Balaban J connectivity index is 3.67. The summed E-state index contributed by atoms with van der Waals surface area (Å²) in [7, 11) is 0. The van der Waals surface area contributed by atoms with Gasteiger partial charge in [-0.1, -0.05) is 0 Å². The van der Waals surface area contributed by atoms with Crippen molar-refractivity contribution in [1.29, 1.82) is 0 Å². The van der Waals surface area contributed by atoms with Crippen molar-refractivity contribution in [3.05, 3.63) is 0 Å². The average Bonchev–Trinajstić information content (AvgIpc) is 2.03. The molecule has 0 rings (SSSR count). The molecule has 0 radical (unpaired) electrons. The zero-order valence-electron chi connectivity index (χ0n) is 9.03. The standard InChI is InChI=1S/C10H23NO2/c1-9(2)11(6-4-8-12)7-5-10(3)13/h9-10,12-13H,4-8H2,1-3H3. The van der Waals surface area contributed by atoms with Crippen LogP contribution in [0.1, 0.15) is 33.6 Å². The first-order chi connectivity index (χ1) is 6.07. The Morgan fingerprint density at radius 2 is 1.77 bits per heavy atom. The maximum atomic E-state index is 9.13. The lowest BCUT2D eigenvalue weighted by atomic mass is 10.2. The van der Waals surface area contributed by atoms with E-state index in [4.69, 9.17) is 10.2 Å². The topological polar surface area (TPSA) is 43.7 Å². The maximum absolute atomic E-state index is 9.13. The van der Waals surface area contributed by atoms with Gasteiger partial charge in [0.25, 0.3) is 0 Å². The van der Waals surface area contributed by atoms with E-state index in [0.29, 0.717) is 6.04 Å². The summed E-state index contributed by atoms with van der Waals surface area (Å²) in [5, 5.41) is 17.8. The molecule has 0 aliphatic heterocycles. The van der Waals surface area contributed by atoms with Crippen LogP contribution in [0.2, 0.25) is 0 Å².